The standard InChI is InChI=1S/C23H35N3O3/c1-16-20(17(2)29-25-16)9-11-22(28)26-14-18(6-10-21(27)24-19-7-8-19)23(15-26)12-4-3-5-13-23/h18-19H,3-15H2,1-2H3,(H,24,27). The number of aryl methyl sites for hydroxylation is 2. The van der Waals surface area contributed by atoms with E-state index in [1.54, 1.807) is 0 Å². The van der Waals surface area contributed by atoms with E-state index in [1.807, 2.05) is 13.8 Å². The van der Waals surface area contributed by atoms with Crippen LogP contribution in [0.4, 0.5) is 0 Å². The second-order valence-electron chi connectivity index (χ2n) is 9.58. The number of likely N-dealkylation sites (tertiary alicyclic amines) is 1. The molecule has 6 nitrogen and oxygen atoms in total. The molecule has 1 saturated heterocycles. The third-order valence-corrected chi connectivity index (χ3v) is 7.45. The van der Waals surface area contributed by atoms with Gasteiger partial charge in [-0.15, -0.1) is 0 Å². The van der Waals surface area contributed by atoms with Gasteiger partial charge in [0.1, 0.15) is 5.76 Å². The molecule has 29 heavy (non-hydrogen) atoms. The van der Waals surface area contributed by atoms with E-state index < -0.39 is 0 Å². The van der Waals surface area contributed by atoms with Crippen LogP contribution in [-0.4, -0.2) is 41.0 Å². The van der Waals surface area contributed by atoms with Gasteiger partial charge in [-0.3, -0.25) is 9.59 Å². The quantitative estimate of drug-likeness (QED) is 0.756. The fraction of sp³-hybridized carbons (Fsp3) is 0.783. The minimum Gasteiger partial charge on any atom is -0.361 e. The molecule has 160 valence electrons. The average molecular weight is 402 g/mol. The fourth-order valence-electron chi connectivity index (χ4n) is 5.52. The van der Waals surface area contributed by atoms with Gasteiger partial charge in [-0.25, -0.2) is 0 Å². The maximum atomic E-state index is 13.0. The molecule has 1 atom stereocenters. The highest BCUT2D eigenvalue weighted by Gasteiger charge is 2.47. The van der Waals surface area contributed by atoms with Gasteiger partial charge in [0.2, 0.25) is 11.8 Å². The second-order valence-corrected chi connectivity index (χ2v) is 9.58. The van der Waals surface area contributed by atoms with Crippen LogP contribution in [0.5, 0.6) is 0 Å². The van der Waals surface area contributed by atoms with Crippen molar-refractivity contribution in [3.05, 3.63) is 17.0 Å². The van der Waals surface area contributed by atoms with E-state index in [1.165, 1.54) is 32.1 Å². The van der Waals surface area contributed by atoms with Gasteiger partial charge in [0.25, 0.3) is 0 Å². The highest BCUT2D eigenvalue weighted by atomic mass is 16.5. The van der Waals surface area contributed by atoms with Crippen LogP contribution in [0.15, 0.2) is 4.52 Å². The van der Waals surface area contributed by atoms with E-state index >= 15 is 0 Å². The van der Waals surface area contributed by atoms with Crippen LogP contribution in [0.1, 0.15) is 81.2 Å². The Labute approximate surface area is 173 Å². The van der Waals surface area contributed by atoms with Crippen LogP contribution in [-0.2, 0) is 16.0 Å². The highest BCUT2D eigenvalue weighted by molar-refractivity contribution is 5.77. The van der Waals surface area contributed by atoms with Crippen molar-refractivity contribution < 1.29 is 14.1 Å². The Morgan fingerprint density at radius 3 is 2.59 bits per heavy atom. The summed E-state index contributed by atoms with van der Waals surface area (Å²) >= 11 is 0. The Bertz CT molecular complexity index is 727. The number of hydrogen-bond acceptors (Lipinski definition) is 4. The van der Waals surface area contributed by atoms with Gasteiger partial charge < -0.3 is 14.7 Å². The number of carbonyl (C=O) groups excluding carboxylic acids is 2. The normalized spacial score (nSPS) is 23.5. The molecule has 2 aliphatic carbocycles. The molecule has 6 heteroatoms. The summed E-state index contributed by atoms with van der Waals surface area (Å²) in [5.74, 6) is 1.71. The first kappa shape index (κ1) is 20.4. The Balaban J connectivity index is 1.36. The van der Waals surface area contributed by atoms with E-state index in [9.17, 15) is 9.59 Å². The zero-order chi connectivity index (χ0) is 20.4. The van der Waals surface area contributed by atoms with Crippen LogP contribution < -0.4 is 5.32 Å². The molecule has 0 bridgehead atoms. The molecule has 1 aromatic rings. The first-order valence-corrected chi connectivity index (χ1v) is 11.5. The zero-order valence-corrected chi connectivity index (χ0v) is 18.0. The summed E-state index contributed by atoms with van der Waals surface area (Å²) in [5, 5.41) is 7.12. The smallest absolute Gasteiger partial charge is 0.222 e. The zero-order valence-electron chi connectivity index (χ0n) is 18.0. The summed E-state index contributed by atoms with van der Waals surface area (Å²) in [5.41, 5.74) is 2.19. The number of nitrogens with zero attached hydrogens (tertiary/aromatic N) is 2. The van der Waals surface area contributed by atoms with Crippen molar-refractivity contribution in [1.29, 1.82) is 0 Å². The summed E-state index contributed by atoms with van der Waals surface area (Å²) < 4.78 is 5.23. The van der Waals surface area contributed by atoms with E-state index in [-0.39, 0.29) is 17.2 Å². The third-order valence-electron chi connectivity index (χ3n) is 7.45. The van der Waals surface area contributed by atoms with Crippen molar-refractivity contribution in [2.45, 2.75) is 90.5 Å². The number of hydrogen-bond donors (Lipinski definition) is 1. The monoisotopic (exact) mass is 401 g/mol. The Morgan fingerprint density at radius 1 is 1.17 bits per heavy atom. The molecule has 2 amide bonds. The minimum atomic E-state index is 0.196. The number of amides is 2. The number of rotatable bonds is 7. The molecule has 1 N–H and O–H groups in total. The number of aromatic nitrogens is 1. The van der Waals surface area contributed by atoms with Crippen LogP contribution in [0, 0.1) is 25.2 Å². The van der Waals surface area contributed by atoms with Crippen LogP contribution in [0.3, 0.4) is 0 Å². The Morgan fingerprint density at radius 2 is 1.93 bits per heavy atom. The van der Waals surface area contributed by atoms with Gasteiger partial charge in [0.15, 0.2) is 0 Å². The van der Waals surface area contributed by atoms with Gasteiger partial charge in [-0.1, -0.05) is 24.4 Å². The summed E-state index contributed by atoms with van der Waals surface area (Å²) in [7, 11) is 0. The molecule has 0 aromatic carbocycles. The maximum absolute atomic E-state index is 13.0. The molecule has 1 aliphatic heterocycles. The van der Waals surface area contributed by atoms with E-state index in [0.29, 0.717) is 31.2 Å². The van der Waals surface area contributed by atoms with Crippen LogP contribution in [0.25, 0.3) is 0 Å². The van der Waals surface area contributed by atoms with Crippen molar-refractivity contribution in [1.82, 2.24) is 15.4 Å². The third kappa shape index (κ3) is 4.67. The predicted octanol–water partition coefficient (Wildman–Crippen LogP) is 3.69. The highest BCUT2D eigenvalue weighted by Crippen LogP contribution is 2.49. The van der Waals surface area contributed by atoms with Gasteiger partial charge in [-0.05, 0) is 63.7 Å². The summed E-state index contributed by atoms with van der Waals surface area (Å²) in [6.07, 6.45) is 11.2. The summed E-state index contributed by atoms with van der Waals surface area (Å²) in [6.45, 7) is 5.54. The molecule has 2 saturated carbocycles. The van der Waals surface area contributed by atoms with Crippen molar-refractivity contribution in [2.24, 2.45) is 11.3 Å². The van der Waals surface area contributed by atoms with Gasteiger partial charge in [0, 0.05) is 37.5 Å². The molecular weight excluding hydrogens is 366 g/mol. The summed E-state index contributed by atoms with van der Waals surface area (Å²) in [6, 6.07) is 0.428. The van der Waals surface area contributed by atoms with E-state index in [2.05, 4.69) is 15.4 Å². The molecular formula is C23H35N3O3. The molecule has 4 rings (SSSR count). The van der Waals surface area contributed by atoms with Crippen molar-refractivity contribution in [3.8, 4) is 0 Å². The van der Waals surface area contributed by atoms with Crippen LogP contribution >= 0.6 is 0 Å². The first-order chi connectivity index (χ1) is 14.0. The van der Waals surface area contributed by atoms with Gasteiger partial charge in [-0.2, -0.15) is 0 Å². The van der Waals surface area contributed by atoms with Gasteiger partial charge in [0.05, 0.1) is 5.69 Å². The molecule has 1 unspecified atom stereocenters. The minimum absolute atomic E-state index is 0.196. The number of carbonyl (C=O) groups is 2. The lowest BCUT2D eigenvalue weighted by Gasteiger charge is -2.38. The largest absolute Gasteiger partial charge is 0.361 e. The topological polar surface area (TPSA) is 75.4 Å². The van der Waals surface area contributed by atoms with Crippen molar-refractivity contribution in [2.75, 3.05) is 13.1 Å². The number of nitrogens with one attached hydrogen (secondary N) is 1. The molecule has 1 aromatic heterocycles. The molecule has 1 spiro atoms. The lowest BCUT2D eigenvalue weighted by Crippen LogP contribution is -2.35. The SMILES string of the molecule is Cc1noc(C)c1CCC(=O)N1CC(CCC(=O)NC2CC2)C2(CCCCC2)C1. The average Bonchev–Trinajstić information content (AvgIpc) is 3.37. The first-order valence-electron chi connectivity index (χ1n) is 11.5. The van der Waals surface area contributed by atoms with Gasteiger partial charge >= 0.3 is 0 Å². The summed E-state index contributed by atoms with van der Waals surface area (Å²) in [4.78, 5) is 27.3. The lowest BCUT2D eigenvalue weighted by atomic mass is 9.66. The van der Waals surface area contributed by atoms with E-state index in [0.717, 1.165) is 49.4 Å². The molecule has 3 fully saturated rings. The predicted molar refractivity (Wildman–Crippen MR) is 110 cm³/mol. The van der Waals surface area contributed by atoms with Crippen molar-refractivity contribution in [3.63, 3.8) is 0 Å². The molecule has 3 aliphatic rings. The molecule has 0 radical (unpaired) electrons. The maximum Gasteiger partial charge on any atom is 0.222 e. The van der Waals surface area contributed by atoms with Crippen molar-refractivity contribution >= 4 is 11.8 Å². The fourth-order valence-corrected chi connectivity index (χ4v) is 5.52. The Hall–Kier alpha value is -1.85. The van der Waals surface area contributed by atoms with E-state index in [4.69, 9.17) is 4.52 Å². The lowest BCUT2D eigenvalue weighted by molar-refractivity contribution is -0.130. The Kier molecular flexibility index (Phi) is 5.98. The second kappa shape index (κ2) is 8.49. The van der Waals surface area contributed by atoms with Crippen LogP contribution in [0.2, 0.25) is 0 Å². The molecule has 2 heterocycles.